The maximum absolute atomic E-state index is 9.00. The normalized spacial score (nSPS) is 10.1. The van der Waals surface area contributed by atoms with Crippen LogP contribution < -0.4 is 25.8 Å². The Kier molecular flexibility index (Phi) is 11.4. The van der Waals surface area contributed by atoms with Gasteiger partial charge in [0.05, 0.1) is 13.3 Å². The topological polar surface area (TPSA) is 86.7 Å². The van der Waals surface area contributed by atoms with Crippen LogP contribution in [-0.2, 0) is 15.8 Å². The molecule has 0 aliphatic carbocycles. The van der Waals surface area contributed by atoms with Crippen molar-refractivity contribution >= 4 is 35.1 Å². The van der Waals surface area contributed by atoms with E-state index in [0.29, 0.717) is 0 Å². The molecule has 0 amide bonds. The van der Waals surface area contributed by atoms with E-state index in [2.05, 4.69) is 115 Å². The predicted molar refractivity (Wildman–Crippen MR) is 146 cm³/mol. The molecule has 0 saturated carbocycles. The van der Waals surface area contributed by atoms with Gasteiger partial charge in [-0.25, -0.2) is 0 Å². The SMILES string of the molecule is CC(=O)O.CC(=O)[O-].COc1ccc(C[P+](c2ccccc2)(c2ccccc2)c2ccccc2)cc1. The van der Waals surface area contributed by atoms with Crippen molar-refractivity contribution in [3.8, 4) is 5.75 Å². The average Bonchev–Trinajstić information content (AvgIpc) is 2.88. The van der Waals surface area contributed by atoms with Crippen molar-refractivity contribution in [2.45, 2.75) is 20.0 Å². The van der Waals surface area contributed by atoms with E-state index in [4.69, 9.17) is 24.5 Å². The summed E-state index contributed by atoms with van der Waals surface area (Å²) in [4.78, 5) is 17.9. The van der Waals surface area contributed by atoms with Gasteiger partial charge < -0.3 is 19.7 Å². The Balaban J connectivity index is 0.000000501. The van der Waals surface area contributed by atoms with E-state index in [-0.39, 0.29) is 0 Å². The van der Waals surface area contributed by atoms with Crippen molar-refractivity contribution in [2.75, 3.05) is 7.11 Å². The summed E-state index contributed by atoms with van der Waals surface area (Å²) >= 11 is 0. The van der Waals surface area contributed by atoms with Crippen LogP contribution in [0.15, 0.2) is 115 Å². The molecule has 0 aliphatic heterocycles. The van der Waals surface area contributed by atoms with E-state index in [9.17, 15) is 0 Å². The lowest BCUT2D eigenvalue weighted by molar-refractivity contribution is -0.302. The lowest BCUT2D eigenvalue weighted by Gasteiger charge is -2.27. The maximum atomic E-state index is 9.00. The summed E-state index contributed by atoms with van der Waals surface area (Å²) in [6.07, 6.45) is 0.981. The first-order valence-electron chi connectivity index (χ1n) is 11.3. The van der Waals surface area contributed by atoms with Crippen LogP contribution in [0.5, 0.6) is 5.75 Å². The second kappa shape index (κ2) is 14.4. The standard InChI is InChI=1S/C26H24OP.2C2H4O2/c1-27-23-19-17-22(18-20-23)21-28(24-11-5-2-6-12-24,25-13-7-3-8-14-25)26-15-9-4-10-16-26;2*1-2(3)4/h2-20H,21H2,1H3;2*1H3,(H,3,4)/q+1;;/p-1. The van der Waals surface area contributed by atoms with Crippen LogP contribution in [-0.4, -0.2) is 24.2 Å². The van der Waals surface area contributed by atoms with E-state index in [1.54, 1.807) is 7.11 Å². The minimum atomic E-state index is -1.84. The third-order valence-electron chi connectivity index (χ3n) is 5.17. The Morgan fingerprint density at radius 1 is 0.694 bits per heavy atom. The highest BCUT2D eigenvalue weighted by Gasteiger charge is 2.45. The van der Waals surface area contributed by atoms with Gasteiger partial charge in [0.1, 0.15) is 28.9 Å². The summed E-state index contributed by atoms with van der Waals surface area (Å²) in [7, 11) is -0.127. The zero-order valence-corrected chi connectivity index (χ0v) is 21.6. The van der Waals surface area contributed by atoms with Crippen LogP contribution in [0.3, 0.4) is 0 Å². The number of rotatable bonds is 6. The van der Waals surface area contributed by atoms with Gasteiger partial charge in [-0.15, -0.1) is 0 Å². The summed E-state index contributed by atoms with van der Waals surface area (Å²) < 4.78 is 5.36. The van der Waals surface area contributed by atoms with Crippen LogP contribution in [0.2, 0.25) is 0 Å². The van der Waals surface area contributed by atoms with Crippen molar-refractivity contribution in [1.82, 2.24) is 0 Å². The third-order valence-corrected chi connectivity index (χ3v) is 9.55. The molecule has 4 aromatic rings. The first kappa shape index (κ1) is 28.3. The van der Waals surface area contributed by atoms with Gasteiger partial charge in [0.2, 0.25) is 0 Å². The minimum absolute atomic E-state index is 0.833. The molecule has 4 aromatic carbocycles. The smallest absolute Gasteiger partial charge is 0.300 e. The predicted octanol–water partition coefficient (Wildman–Crippen LogP) is 4.04. The second-order valence-corrected chi connectivity index (χ2v) is 11.3. The van der Waals surface area contributed by atoms with Gasteiger partial charge >= 0.3 is 0 Å². The van der Waals surface area contributed by atoms with Gasteiger partial charge in [0.15, 0.2) is 0 Å². The van der Waals surface area contributed by atoms with E-state index < -0.39 is 19.2 Å². The zero-order chi connectivity index (χ0) is 26.4. The largest absolute Gasteiger partial charge is 0.550 e. The Bertz CT molecular complexity index is 1080. The molecule has 0 radical (unpaired) electrons. The summed E-state index contributed by atoms with van der Waals surface area (Å²) in [5.41, 5.74) is 1.32. The van der Waals surface area contributed by atoms with Gasteiger partial charge in [-0.1, -0.05) is 66.7 Å². The van der Waals surface area contributed by atoms with Crippen molar-refractivity contribution in [3.63, 3.8) is 0 Å². The molecule has 0 aromatic heterocycles. The van der Waals surface area contributed by atoms with Crippen LogP contribution in [0.4, 0.5) is 0 Å². The highest BCUT2D eigenvalue weighted by Crippen LogP contribution is 2.58. The van der Waals surface area contributed by atoms with Crippen LogP contribution in [0, 0.1) is 0 Å². The number of methoxy groups -OCH3 is 1. The fourth-order valence-electron chi connectivity index (χ4n) is 3.77. The highest BCUT2D eigenvalue weighted by molar-refractivity contribution is 7.95. The first-order chi connectivity index (χ1) is 17.3. The number of benzene rings is 4. The molecule has 0 bridgehead atoms. The molecule has 6 heteroatoms. The number of ether oxygens (including phenoxy) is 1. The Labute approximate surface area is 213 Å². The molecule has 0 aliphatic rings. The number of hydrogen-bond acceptors (Lipinski definition) is 4. The molecule has 0 fully saturated rings. The molecule has 0 heterocycles. The molecule has 1 N–H and O–H groups in total. The third kappa shape index (κ3) is 8.37. The first-order valence-corrected chi connectivity index (χ1v) is 13.3. The highest BCUT2D eigenvalue weighted by atomic mass is 31.2. The van der Waals surface area contributed by atoms with Gasteiger partial charge in [-0.05, 0) is 61.0 Å². The summed E-state index contributed by atoms with van der Waals surface area (Å²) in [5.74, 6) is -1.02. The molecule has 0 atom stereocenters. The molecular formula is C30H31O5P. The fraction of sp³-hybridized carbons (Fsp3) is 0.133. The zero-order valence-electron chi connectivity index (χ0n) is 20.7. The lowest BCUT2D eigenvalue weighted by Crippen LogP contribution is -2.32. The number of hydrogen-bond donors (Lipinski definition) is 1. The molecule has 0 saturated heterocycles. The lowest BCUT2D eigenvalue weighted by atomic mass is 10.2. The monoisotopic (exact) mass is 502 g/mol. The Hall–Kier alpha value is -3.95. The molecule has 0 spiro atoms. The van der Waals surface area contributed by atoms with Crippen LogP contribution in [0.1, 0.15) is 19.4 Å². The molecular weight excluding hydrogens is 471 g/mol. The molecule has 4 rings (SSSR count). The quantitative estimate of drug-likeness (QED) is 0.402. The van der Waals surface area contributed by atoms with Gasteiger partial charge in [0, 0.05) is 12.9 Å². The van der Waals surface area contributed by atoms with Crippen molar-refractivity contribution in [2.24, 2.45) is 0 Å². The molecule has 36 heavy (non-hydrogen) atoms. The van der Waals surface area contributed by atoms with E-state index in [0.717, 1.165) is 25.8 Å². The Morgan fingerprint density at radius 2 is 1.00 bits per heavy atom. The Morgan fingerprint density at radius 3 is 1.28 bits per heavy atom. The maximum Gasteiger partial charge on any atom is 0.300 e. The molecule has 0 unspecified atom stereocenters. The molecule has 5 nitrogen and oxygen atoms in total. The van der Waals surface area contributed by atoms with Crippen molar-refractivity contribution in [3.05, 3.63) is 121 Å². The summed E-state index contributed by atoms with van der Waals surface area (Å²) in [6, 6.07) is 41.5. The average molecular weight is 503 g/mol. The van der Waals surface area contributed by atoms with Crippen LogP contribution in [0.25, 0.3) is 0 Å². The number of carbonyl (C=O) groups is 2. The van der Waals surface area contributed by atoms with Gasteiger partial charge in [-0.3, -0.25) is 4.79 Å². The number of carboxylic acids is 2. The summed E-state index contributed by atoms with van der Waals surface area (Å²) in [6.45, 7) is 2.06. The number of aliphatic carboxylic acids is 2. The minimum Gasteiger partial charge on any atom is -0.550 e. The van der Waals surface area contributed by atoms with Crippen molar-refractivity contribution < 1.29 is 24.5 Å². The van der Waals surface area contributed by atoms with Gasteiger partial charge in [-0.2, -0.15) is 0 Å². The van der Waals surface area contributed by atoms with Crippen molar-refractivity contribution in [1.29, 1.82) is 0 Å². The van der Waals surface area contributed by atoms with Gasteiger partial charge in [0.25, 0.3) is 5.97 Å². The molecule has 186 valence electrons. The number of carboxylic acid groups (broad SMARTS) is 2. The van der Waals surface area contributed by atoms with Crippen LogP contribution >= 0.6 is 7.26 Å². The fourth-order valence-corrected chi connectivity index (χ4v) is 8.02. The second-order valence-electron chi connectivity index (χ2n) is 7.83. The van der Waals surface area contributed by atoms with E-state index in [1.165, 1.54) is 21.5 Å². The van der Waals surface area contributed by atoms with E-state index in [1.807, 2.05) is 0 Å². The summed E-state index contributed by atoms with van der Waals surface area (Å²) in [5, 5.41) is 20.5. The van der Waals surface area contributed by atoms with E-state index >= 15 is 0 Å². The number of carbonyl (C=O) groups excluding carboxylic acids is 1.